The highest BCUT2D eigenvalue weighted by Crippen LogP contribution is 2.22. The first kappa shape index (κ1) is 15.1. The quantitative estimate of drug-likeness (QED) is 0.888. The molecule has 0 spiro atoms. The molecule has 0 atom stereocenters. The molecule has 1 aromatic carbocycles. The molecule has 1 aliphatic rings. The van der Waals surface area contributed by atoms with Gasteiger partial charge in [0.2, 0.25) is 0 Å². The number of nitrogens with one attached hydrogen (secondary N) is 1. The zero-order valence-electron chi connectivity index (χ0n) is 11.9. The minimum absolute atomic E-state index is 0.503. The van der Waals surface area contributed by atoms with Crippen LogP contribution in [0.1, 0.15) is 6.42 Å². The Kier molecular flexibility index (Phi) is 4.85. The Morgan fingerprint density at radius 2 is 1.90 bits per heavy atom. The summed E-state index contributed by atoms with van der Waals surface area (Å²) in [6, 6.07) is 7.00. The highest BCUT2D eigenvalue weighted by Gasteiger charge is 2.27. The van der Waals surface area contributed by atoms with Gasteiger partial charge in [-0.25, -0.2) is 0 Å². The Bertz CT molecular complexity index is 522. The third-order valence-electron chi connectivity index (χ3n) is 3.41. The number of ether oxygens (including phenoxy) is 1. The summed E-state index contributed by atoms with van der Waals surface area (Å²) in [6.07, 6.45) is 0.829. The lowest BCUT2D eigenvalue weighted by Crippen LogP contribution is -2.43. The van der Waals surface area contributed by atoms with Gasteiger partial charge in [-0.2, -0.15) is 12.7 Å². The lowest BCUT2D eigenvalue weighted by molar-refractivity contribution is 0.414. The molecule has 20 heavy (non-hydrogen) atoms. The number of methoxy groups -OCH3 is 1. The van der Waals surface area contributed by atoms with E-state index in [0.717, 1.165) is 13.0 Å². The zero-order chi connectivity index (χ0) is 14.6. The predicted molar refractivity (Wildman–Crippen MR) is 79.4 cm³/mol. The first-order chi connectivity index (χ1) is 9.55. The molecule has 7 heteroatoms. The fourth-order valence-corrected chi connectivity index (χ4v) is 3.57. The summed E-state index contributed by atoms with van der Waals surface area (Å²) in [5, 5.41) is 3.20. The minimum Gasteiger partial charge on any atom is -0.497 e. The van der Waals surface area contributed by atoms with Gasteiger partial charge in [-0.1, -0.05) is 0 Å². The average molecular weight is 299 g/mol. The molecule has 1 N–H and O–H groups in total. The number of nitrogens with zero attached hydrogens (tertiary/aromatic N) is 2. The van der Waals surface area contributed by atoms with E-state index in [1.54, 1.807) is 38.4 Å². The van der Waals surface area contributed by atoms with Gasteiger partial charge in [0, 0.05) is 26.7 Å². The van der Waals surface area contributed by atoms with Crippen molar-refractivity contribution in [2.45, 2.75) is 6.42 Å². The van der Waals surface area contributed by atoms with Gasteiger partial charge in [-0.3, -0.25) is 4.31 Å². The second-order valence-electron chi connectivity index (χ2n) is 4.68. The van der Waals surface area contributed by atoms with Crippen LogP contribution in [0, 0.1) is 0 Å². The molecule has 0 unspecified atom stereocenters. The van der Waals surface area contributed by atoms with Crippen LogP contribution in [0.2, 0.25) is 0 Å². The van der Waals surface area contributed by atoms with Crippen molar-refractivity contribution in [2.24, 2.45) is 0 Å². The van der Waals surface area contributed by atoms with E-state index < -0.39 is 10.2 Å². The van der Waals surface area contributed by atoms with Crippen LogP contribution in [-0.4, -0.2) is 53.1 Å². The van der Waals surface area contributed by atoms with E-state index in [9.17, 15) is 8.42 Å². The molecule has 1 aliphatic heterocycles. The molecule has 2 rings (SSSR count). The highest BCUT2D eigenvalue weighted by molar-refractivity contribution is 7.90. The lowest BCUT2D eigenvalue weighted by atomic mass is 10.3. The van der Waals surface area contributed by atoms with Gasteiger partial charge in [0.15, 0.2) is 0 Å². The predicted octanol–water partition coefficient (Wildman–Crippen LogP) is 0.672. The van der Waals surface area contributed by atoms with Crippen molar-refractivity contribution in [2.75, 3.05) is 44.6 Å². The topological polar surface area (TPSA) is 61.9 Å². The molecule has 1 aromatic rings. The molecule has 0 aromatic heterocycles. The molecule has 0 saturated carbocycles. The van der Waals surface area contributed by atoms with Gasteiger partial charge in [0.25, 0.3) is 0 Å². The summed E-state index contributed by atoms with van der Waals surface area (Å²) in [5.74, 6) is 0.707. The molecule has 6 nitrogen and oxygen atoms in total. The highest BCUT2D eigenvalue weighted by atomic mass is 32.2. The number of hydrogen-bond donors (Lipinski definition) is 1. The summed E-state index contributed by atoms with van der Waals surface area (Å²) in [6.45, 7) is 2.60. The number of anilines is 1. The van der Waals surface area contributed by atoms with Gasteiger partial charge in [-0.05, 0) is 37.2 Å². The van der Waals surface area contributed by atoms with Gasteiger partial charge in [0.1, 0.15) is 5.75 Å². The van der Waals surface area contributed by atoms with Crippen LogP contribution in [0.3, 0.4) is 0 Å². The SMILES string of the molecule is COc1ccc(N(C)S(=O)(=O)N2CCCNCC2)cc1. The zero-order valence-corrected chi connectivity index (χ0v) is 12.7. The molecule has 0 radical (unpaired) electrons. The fourth-order valence-electron chi connectivity index (χ4n) is 2.15. The summed E-state index contributed by atoms with van der Waals surface area (Å²) in [7, 11) is -0.310. The smallest absolute Gasteiger partial charge is 0.303 e. The van der Waals surface area contributed by atoms with E-state index >= 15 is 0 Å². The third-order valence-corrected chi connectivity index (χ3v) is 5.33. The van der Waals surface area contributed by atoms with Crippen molar-refractivity contribution < 1.29 is 13.2 Å². The van der Waals surface area contributed by atoms with Crippen LogP contribution < -0.4 is 14.4 Å². The van der Waals surface area contributed by atoms with Gasteiger partial charge in [-0.15, -0.1) is 0 Å². The van der Waals surface area contributed by atoms with Gasteiger partial charge in [0.05, 0.1) is 12.8 Å². The molecule has 1 heterocycles. The summed E-state index contributed by atoms with van der Waals surface area (Å²) in [4.78, 5) is 0. The first-order valence-corrected chi connectivity index (χ1v) is 8.04. The molecule has 0 aliphatic carbocycles. The van der Waals surface area contributed by atoms with E-state index in [-0.39, 0.29) is 0 Å². The molecule has 0 bridgehead atoms. The van der Waals surface area contributed by atoms with Crippen molar-refractivity contribution >= 4 is 15.9 Å². The Morgan fingerprint density at radius 3 is 2.55 bits per heavy atom. The number of rotatable bonds is 4. The lowest BCUT2D eigenvalue weighted by Gasteiger charge is -2.27. The molecular formula is C13H21N3O3S. The van der Waals surface area contributed by atoms with Gasteiger partial charge >= 0.3 is 10.2 Å². The fraction of sp³-hybridized carbons (Fsp3) is 0.538. The van der Waals surface area contributed by atoms with Crippen LogP contribution in [0.5, 0.6) is 5.75 Å². The summed E-state index contributed by atoms with van der Waals surface area (Å²) >= 11 is 0. The molecule has 112 valence electrons. The maximum absolute atomic E-state index is 12.6. The second-order valence-corrected chi connectivity index (χ2v) is 6.64. The van der Waals surface area contributed by atoms with Crippen LogP contribution in [0.15, 0.2) is 24.3 Å². The molecule has 1 saturated heterocycles. The number of benzene rings is 1. The Balaban J connectivity index is 2.18. The van der Waals surface area contributed by atoms with Crippen molar-refractivity contribution in [3.8, 4) is 5.75 Å². The maximum Gasteiger partial charge on any atom is 0.303 e. The van der Waals surface area contributed by atoms with E-state index in [1.807, 2.05) is 0 Å². The minimum atomic E-state index is -3.47. The van der Waals surface area contributed by atoms with Crippen molar-refractivity contribution in [1.82, 2.24) is 9.62 Å². The molecule has 1 fully saturated rings. The third kappa shape index (κ3) is 3.23. The Hall–Kier alpha value is -1.31. The standard InChI is InChI=1S/C13H21N3O3S/c1-15(12-4-6-13(19-2)7-5-12)20(17,18)16-10-3-8-14-9-11-16/h4-7,14H,3,8-11H2,1-2H3. The maximum atomic E-state index is 12.6. The van der Waals surface area contributed by atoms with Gasteiger partial charge < -0.3 is 10.1 Å². The van der Waals surface area contributed by atoms with Crippen LogP contribution in [0.4, 0.5) is 5.69 Å². The number of hydrogen-bond acceptors (Lipinski definition) is 4. The van der Waals surface area contributed by atoms with Crippen LogP contribution >= 0.6 is 0 Å². The van der Waals surface area contributed by atoms with E-state index in [2.05, 4.69) is 5.32 Å². The van der Waals surface area contributed by atoms with Crippen LogP contribution in [0.25, 0.3) is 0 Å². The second kappa shape index (κ2) is 6.43. The monoisotopic (exact) mass is 299 g/mol. The summed E-state index contributed by atoms with van der Waals surface area (Å²) < 4.78 is 33.1. The van der Waals surface area contributed by atoms with Crippen molar-refractivity contribution in [1.29, 1.82) is 0 Å². The van der Waals surface area contributed by atoms with Crippen LogP contribution in [-0.2, 0) is 10.2 Å². The average Bonchev–Trinajstić information content (AvgIpc) is 2.76. The Labute approximate surface area is 120 Å². The first-order valence-electron chi connectivity index (χ1n) is 6.64. The van der Waals surface area contributed by atoms with E-state index in [0.29, 0.717) is 31.1 Å². The Morgan fingerprint density at radius 1 is 1.20 bits per heavy atom. The molecule has 0 amide bonds. The normalized spacial score (nSPS) is 17.5. The van der Waals surface area contributed by atoms with E-state index in [4.69, 9.17) is 4.74 Å². The van der Waals surface area contributed by atoms with Crippen molar-refractivity contribution in [3.05, 3.63) is 24.3 Å². The summed E-state index contributed by atoms with van der Waals surface area (Å²) in [5.41, 5.74) is 0.628. The van der Waals surface area contributed by atoms with Crippen molar-refractivity contribution in [3.63, 3.8) is 0 Å². The largest absolute Gasteiger partial charge is 0.497 e. The molecular weight excluding hydrogens is 278 g/mol. The van der Waals surface area contributed by atoms with E-state index in [1.165, 1.54) is 8.61 Å².